The van der Waals surface area contributed by atoms with E-state index < -0.39 is 0 Å². The Bertz CT molecular complexity index is 511. The van der Waals surface area contributed by atoms with E-state index in [1.54, 1.807) is 18.2 Å². The van der Waals surface area contributed by atoms with Gasteiger partial charge in [-0.1, -0.05) is 0 Å². The quantitative estimate of drug-likeness (QED) is 0.877. The number of hydrogen-bond donors (Lipinski definition) is 1. The van der Waals surface area contributed by atoms with Crippen molar-refractivity contribution in [2.45, 2.75) is 25.8 Å². The monoisotopic (exact) mass is 257 g/mol. The first-order chi connectivity index (χ1) is 9.10. The molecule has 1 fully saturated rings. The van der Waals surface area contributed by atoms with Crippen LogP contribution in [0.3, 0.4) is 0 Å². The number of benzene rings is 1. The summed E-state index contributed by atoms with van der Waals surface area (Å²) in [4.78, 5) is 14.5. The highest BCUT2D eigenvalue weighted by Crippen LogP contribution is 2.13. The van der Waals surface area contributed by atoms with E-state index in [1.807, 2.05) is 6.92 Å². The molecule has 100 valence electrons. The number of piperidine rings is 1. The van der Waals surface area contributed by atoms with Gasteiger partial charge in [0, 0.05) is 11.6 Å². The van der Waals surface area contributed by atoms with Crippen LogP contribution in [0.2, 0.25) is 0 Å². The van der Waals surface area contributed by atoms with Gasteiger partial charge in [0.1, 0.15) is 0 Å². The fraction of sp³-hybridized carbons (Fsp3) is 0.467. The molecular formula is C15H19N3O. The fourth-order valence-corrected chi connectivity index (χ4v) is 2.40. The van der Waals surface area contributed by atoms with E-state index in [1.165, 1.54) is 0 Å². The van der Waals surface area contributed by atoms with E-state index in [0.717, 1.165) is 31.5 Å². The maximum atomic E-state index is 12.2. The number of aryl methyl sites for hydroxylation is 1. The average molecular weight is 257 g/mol. The Balaban J connectivity index is 2.02. The van der Waals surface area contributed by atoms with Crippen molar-refractivity contribution in [1.29, 1.82) is 5.26 Å². The number of likely N-dealkylation sites (tertiary alicyclic amines) is 1. The molecule has 2 rings (SSSR count). The van der Waals surface area contributed by atoms with Gasteiger partial charge in [-0.2, -0.15) is 5.26 Å². The Morgan fingerprint density at radius 2 is 2.11 bits per heavy atom. The van der Waals surface area contributed by atoms with Crippen LogP contribution in [0.15, 0.2) is 18.2 Å². The standard InChI is InChI=1S/C15H19N3O/c1-11-9-12(10-16)3-4-14(11)15(19)17-13-5-7-18(2)8-6-13/h3-4,9,13H,5-8H2,1-2H3,(H,17,19). The third-order valence-electron chi connectivity index (χ3n) is 3.65. The normalized spacial score (nSPS) is 16.9. The molecule has 1 saturated heterocycles. The van der Waals surface area contributed by atoms with Crippen molar-refractivity contribution in [1.82, 2.24) is 10.2 Å². The minimum absolute atomic E-state index is 0.0310. The van der Waals surface area contributed by atoms with Crippen molar-refractivity contribution in [2.24, 2.45) is 0 Å². The van der Waals surface area contributed by atoms with Crippen LogP contribution >= 0.6 is 0 Å². The molecular weight excluding hydrogens is 238 g/mol. The Morgan fingerprint density at radius 3 is 2.68 bits per heavy atom. The van der Waals surface area contributed by atoms with Crippen LogP contribution in [0.1, 0.15) is 34.3 Å². The van der Waals surface area contributed by atoms with Crippen molar-refractivity contribution in [2.75, 3.05) is 20.1 Å². The van der Waals surface area contributed by atoms with Crippen molar-refractivity contribution < 1.29 is 4.79 Å². The highest BCUT2D eigenvalue weighted by Gasteiger charge is 2.19. The van der Waals surface area contributed by atoms with Gasteiger partial charge < -0.3 is 10.2 Å². The number of rotatable bonds is 2. The summed E-state index contributed by atoms with van der Waals surface area (Å²) < 4.78 is 0. The van der Waals surface area contributed by atoms with Crippen LogP contribution in [0.4, 0.5) is 0 Å². The largest absolute Gasteiger partial charge is 0.349 e. The molecule has 1 aromatic carbocycles. The van der Waals surface area contributed by atoms with E-state index >= 15 is 0 Å². The van der Waals surface area contributed by atoms with Crippen molar-refractivity contribution in [3.63, 3.8) is 0 Å². The van der Waals surface area contributed by atoms with Crippen molar-refractivity contribution >= 4 is 5.91 Å². The lowest BCUT2D eigenvalue weighted by Crippen LogP contribution is -2.43. The van der Waals surface area contributed by atoms with E-state index in [4.69, 9.17) is 5.26 Å². The summed E-state index contributed by atoms with van der Waals surface area (Å²) in [5, 5.41) is 11.9. The van der Waals surface area contributed by atoms with Crippen LogP contribution in [-0.2, 0) is 0 Å². The zero-order valence-electron chi connectivity index (χ0n) is 11.4. The van der Waals surface area contributed by atoms with Gasteiger partial charge in [-0.3, -0.25) is 4.79 Å². The molecule has 4 heteroatoms. The van der Waals surface area contributed by atoms with Gasteiger partial charge in [-0.05, 0) is 63.7 Å². The number of amides is 1. The van der Waals surface area contributed by atoms with Gasteiger partial charge in [0.15, 0.2) is 0 Å². The second kappa shape index (κ2) is 5.85. The lowest BCUT2D eigenvalue weighted by Gasteiger charge is -2.29. The van der Waals surface area contributed by atoms with E-state index in [0.29, 0.717) is 11.1 Å². The molecule has 0 aliphatic carbocycles. The molecule has 0 unspecified atom stereocenters. The third kappa shape index (κ3) is 3.33. The predicted molar refractivity (Wildman–Crippen MR) is 73.9 cm³/mol. The van der Waals surface area contributed by atoms with Gasteiger partial charge in [0.05, 0.1) is 11.6 Å². The van der Waals surface area contributed by atoms with E-state index in [2.05, 4.69) is 23.3 Å². The molecule has 19 heavy (non-hydrogen) atoms. The van der Waals surface area contributed by atoms with Crippen LogP contribution in [0.25, 0.3) is 0 Å². The summed E-state index contributed by atoms with van der Waals surface area (Å²) in [6.45, 7) is 3.92. The maximum Gasteiger partial charge on any atom is 0.251 e. The van der Waals surface area contributed by atoms with Crippen LogP contribution in [-0.4, -0.2) is 37.0 Å². The zero-order chi connectivity index (χ0) is 13.8. The summed E-state index contributed by atoms with van der Waals surface area (Å²) in [5.74, 6) is -0.0310. The molecule has 1 aliphatic rings. The first-order valence-electron chi connectivity index (χ1n) is 6.60. The Labute approximate surface area is 114 Å². The average Bonchev–Trinajstić information content (AvgIpc) is 2.41. The van der Waals surface area contributed by atoms with E-state index in [9.17, 15) is 4.79 Å². The van der Waals surface area contributed by atoms with Crippen molar-refractivity contribution in [3.8, 4) is 6.07 Å². The molecule has 0 aromatic heterocycles. The lowest BCUT2D eigenvalue weighted by atomic mass is 10.0. The second-order valence-electron chi connectivity index (χ2n) is 5.19. The molecule has 1 heterocycles. The molecule has 0 saturated carbocycles. The number of nitrogens with zero attached hydrogens (tertiary/aromatic N) is 2. The van der Waals surface area contributed by atoms with Gasteiger partial charge >= 0.3 is 0 Å². The second-order valence-corrected chi connectivity index (χ2v) is 5.19. The van der Waals surface area contributed by atoms with Gasteiger partial charge in [0.25, 0.3) is 5.91 Å². The number of nitriles is 1. The lowest BCUT2D eigenvalue weighted by molar-refractivity contribution is 0.0916. The van der Waals surface area contributed by atoms with Crippen LogP contribution < -0.4 is 5.32 Å². The molecule has 4 nitrogen and oxygen atoms in total. The highest BCUT2D eigenvalue weighted by molar-refractivity contribution is 5.95. The van der Waals surface area contributed by atoms with Crippen LogP contribution in [0.5, 0.6) is 0 Å². The van der Waals surface area contributed by atoms with Gasteiger partial charge in [-0.25, -0.2) is 0 Å². The Morgan fingerprint density at radius 1 is 1.42 bits per heavy atom. The molecule has 0 bridgehead atoms. The Hall–Kier alpha value is -1.86. The number of carbonyl (C=O) groups is 1. The number of carbonyl (C=O) groups excluding carboxylic acids is 1. The van der Waals surface area contributed by atoms with Gasteiger partial charge in [0.2, 0.25) is 0 Å². The van der Waals surface area contributed by atoms with E-state index in [-0.39, 0.29) is 11.9 Å². The summed E-state index contributed by atoms with van der Waals surface area (Å²) in [6.07, 6.45) is 2.00. The summed E-state index contributed by atoms with van der Waals surface area (Å²) >= 11 is 0. The minimum Gasteiger partial charge on any atom is -0.349 e. The van der Waals surface area contributed by atoms with Crippen LogP contribution in [0, 0.1) is 18.3 Å². The fourth-order valence-electron chi connectivity index (χ4n) is 2.40. The number of hydrogen-bond acceptors (Lipinski definition) is 3. The summed E-state index contributed by atoms with van der Waals surface area (Å²) in [7, 11) is 2.10. The first kappa shape index (κ1) is 13.6. The van der Waals surface area contributed by atoms with Gasteiger partial charge in [-0.15, -0.1) is 0 Å². The molecule has 1 aliphatic heterocycles. The summed E-state index contributed by atoms with van der Waals surface area (Å²) in [5.41, 5.74) is 2.11. The van der Waals surface area contributed by atoms with Crippen molar-refractivity contribution in [3.05, 3.63) is 34.9 Å². The molecule has 1 amide bonds. The topological polar surface area (TPSA) is 56.1 Å². The molecule has 1 aromatic rings. The minimum atomic E-state index is -0.0310. The SMILES string of the molecule is Cc1cc(C#N)ccc1C(=O)NC1CCN(C)CC1. The smallest absolute Gasteiger partial charge is 0.251 e. The predicted octanol–water partition coefficient (Wildman–Crippen LogP) is 1.69. The highest BCUT2D eigenvalue weighted by atomic mass is 16.1. The Kier molecular flexibility index (Phi) is 4.18. The summed E-state index contributed by atoms with van der Waals surface area (Å²) in [6, 6.07) is 7.52. The first-order valence-corrected chi connectivity index (χ1v) is 6.60. The zero-order valence-corrected chi connectivity index (χ0v) is 11.4. The molecule has 0 spiro atoms. The molecule has 1 N–H and O–H groups in total. The molecule has 0 atom stereocenters. The maximum absolute atomic E-state index is 12.2. The molecule has 0 radical (unpaired) electrons. The number of nitrogens with one attached hydrogen (secondary N) is 1. The third-order valence-corrected chi connectivity index (χ3v) is 3.65.